The highest BCUT2D eigenvalue weighted by Gasteiger charge is 2.11. The van der Waals surface area contributed by atoms with Gasteiger partial charge in [-0.25, -0.2) is 0 Å². The van der Waals surface area contributed by atoms with Gasteiger partial charge in [0.05, 0.1) is 6.61 Å². The first-order valence-corrected chi connectivity index (χ1v) is 3.73. The Hall–Kier alpha value is 0.350. The Morgan fingerprint density at radius 2 is 2.57 bits per heavy atom. The summed E-state index contributed by atoms with van der Waals surface area (Å²) in [6, 6.07) is 0. The van der Waals surface area contributed by atoms with E-state index in [0.29, 0.717) is 12.5 Å². The molecule has 0 amide bonds. The van der Waals surface area contributed by atoms with Crippen molar-refractivity contribution in [3.05, 3.63) is 0 Å². The highest BCUT2D eigenvalue weighted by molar-refractivity contribution is 7.44. The first-order valence-electron chi connectivity index (χ1n) is 2.36. The Kier molecular flexibility index (Phi) is 1.63. The molecule has 3 heteroatoms. The minimum Gasteiger partial charge on any atom is -0.808 e. The Morgan fingerprint density at radius 3 is 2.71 bits per heavy atom. The van der Waals surface area contributed by atoms with Gasteiger partial charge in [0.1, 0.15) is 0 Å². The summed E-state index contributed by atoms with van der Waals surface area (Å²) in [5.74, 6) is 0.517. The average molecular weight is 119 g/mol. The monoisotopic (exact) mass is 119 g/mol. The van der Waals surface area contributed by atoms with Crippen LogP contribution in [0.2, 0.25) is 0 Å². The van der Waals surface area contributed by atoms with Crippen molar-refractivity contribution < 1.29 is 9.42 Å². The van der Waals surface area contributed by atoms with Crippen molar-refractivity contribution >= 4 is 8.38 Å². The van der Waals surface area contributed by atoms with E-state index in [-0.39, 0.29) is 0 Å². The molecule has 0 aromatic heterocycles. The van der Waals surface area contributed by atoms with Crippen molar-refractivity contribution in [3.8, 4) is 0 Å². The topological polar surface area (TPSA) is 32.3 Å². The van der Waals surface area contributed by atoms with Crippen molar-refractivity contribution in [2.45, 2.75) is 6.92 Å². The summed E-state index contributed by atoms with van der Waals surface area (Å²) in [4.78, 5) is 10.4. The van der Waals surface area contributed by atoms with Crippen LogP contribution in [0.15, 0.2) is 0 Å². The highest BCUT2D eigenvalue weighted by Crippen LogP contribution is 2.36. The summed E-state index contributed by atoms with van der Waals surface area (Å²) in [6.45, 7) is 2.73. The first kappa shape index (κ1) is 5.49. The Labute approximate surface area is 44.4 Å². The zero-order chi connectivity index (χ0) is 5.28. The van der Waals surface area contributed by atoms with Crippen LogP contribution >= 0.6 is 8.38 Å². The van der Waals surface area contributed by atoms with Crippen LogP contribution in [0.3, 0.4) is 0 Å². The molecule has 2 atom stereocenters. The van der Waals surface area contributed by atoms with Gasteiger partial charge in [0.15, 0.2) is 0 Å². The summed E-state index contributed by atoms with van der Waals surface area (Å²) in [5.41, 5.74) is 0. The lowest BCUT2D eigenvalue weighted by Gasteiger charge is -2.11. The quantitative estimate of drug-likeness (QED) is 0.430. The average Bonchev–Trinajstić information content (AvgIpc) is 1.87. The third-order valence-corrected chi connectivity index (χ3v) is 2.32. The summed E-state index contributed by atoms with van der Waals surface area (Å²) < 4.78 is 4.77. The fourth-order valence-corrected chi connectivity index (χ4v) is 1.71. The van der Waals surface area contributed by atoms with Crippen LogP contribution in [-0.2, 0) is 4.52 Å². The van der Waals surface area contributed by atoms with E-state index < -0.39 is 8.38 Å². The van der Waals surface area contributed by atoms with Gasteiger partial charge in [-0.2, -0.15) is 0 Å². The molecule has 1 saturated heterocycles. The fraction of sp³-hybridized carbons (Fsp3) is 1.00. The van der Waals surface area contributed by atoms with Crippen molar-refractivity contribution in [2.24, 2.45) is 5.92 Å². The maximum absolute atomic E-state index is 10.4. The second-order valence-electron chi connectivity index (χ2n) is 1.92. The van der Waals surface area contributed by atoms with Gasteiger partial charge in [0, 0.05) is 0 Å². The van der Waals surface area contributed by atoms with E-state index in [1.165, 1.54) is 0 Å². The minimum absolute atomic E-state index is 0.517. The maximum Gasteiger partial charge on any atom is 0.0521 e. The van der Waals surface area contributed by atoms with E-state index in [1.807, 2.05) is 6.92 Å². The van der Waals surface area contributed by atoms with E-state index in [4.69, 9.17) is 4.52 Å². The largest absolute Gasteiger partial charge is 0.808 e. The predicted molar refractivity (Wildman–Crippen MR) is 26.9 cm³/mol. The van der Waals surface area contributed by atoms with Gasteiger partial charge in [-0.1, -0.05) is 15.3 Å². The normalized spacial score (nSPS) is 42.0. The maximum atomic E-state index is 10.4. The molecule has 1 aliphatic rings. The number of rotatable bonds is 0. The Bertz CT molecular complexity index is 58.7. The van der Waals surface area contributed by atoms with Crippen LogP contribution in [0, 0.1) is 5.92 Å². The molecule has 2 unspecified atom stereocenters. The van der Waals surface area contributed by atoms with Gasteiger partial charge in [-0.3, -0.25) is 0 Å². The summed E-state index contributed by atoms with van der Waals surface area (Å²) >= 11 is 0. The molecule has 0 N–H and O–H groups in total. The zero-order valence-corrected chi connectivity index (χ0v) is 5.15. The molecule has 0 aromatic rings. The van der Waals surface area contributed by atoms with Crippen LogP contribution < -0.4 is 4.89 Å². The van der Waals surface area contributed by atoms with E-state index in [2.05, 4.69) is 0 Å². The smallest absolute Gasteiger partial charge is 0.0521 e. The second-order valence-corrected chi connectivity index (χ2v) is 3.21. The molecule has 1 fully saturated rings. The third kappa shape index (κ3) is 1.37. The Morgan fingerprint density at radius 1 is 1.86 bits per heavy atom. The number of hydrogen-bond acceptors (Lipinski definition) is 2. The summed E-state index contributed by atoms with van der Waals surface area (Å²) in [5, 5.41) is 0. The van der Waals surface area contributed by atoms with Crippen molar-refractivity contribution in [2.75, 3.05) is 12.8 Å². The van der Waals surface area contributed by atoms with E-state index in [9.17, 15) is 4.89 Å². The van der Waals surface area contributed by atoms with Crippen molar-refractivity contribution in [1.82, 2.24) is 0 Å². The SMILES string of the molecule is CC1COP([O-])C1. The summed E-state index contributed by atoms with van der Waals surface area (Å²) in [6.07, 6.45) is 0.759. The Balaban J connectivity index is 2.26. The second kappa shape index (κ2) is 2.08. The lowest BCUT2D eigenvalue weighted by atomic mass is 10.2. The molecule has 0 saturated carbocycles. The van der Waals surface area contributed by atoms with Gasteiger partial charge < -0.3 is 9.42 Å². The lowest BCUT2D eigenvalue weighted by molar-refractivity contribution is -0.176. The molecular formula is C4H8O2P-. The fourth-order valence-electron chi connectivity index (χ4n) is 0.570. The standard InChI is InChI=1S/C4H8O2P/c1-4-2-6-7(5)3-4/h4H,2-3H2,1H3/q-1. The van der Waals surface area contributed by atoms with Crippen LogP contribution in [0.5, 0.6) is 0 Å². The molecule has 1 rings (SSSR count). The first-order chi connectivity index (χ1) is 3.29. The van der Waals surface area contributed by atoms with Gasteiger partial charge in [-0.15, -0.1) is 0 Å². The lowest BCUT2D eigenvalue weighted by Crippen LogP contribution is -1.96. The van der Waals surface area contributed by atoms with Crippen LogP contribution in [-0.4, -0.2) is 12.8 Å². The van der Waals surface area contributed by atoms with Gasteiger partial charge in [-0.05, 0) is 12.1 Å². The summed E-state index contributed by atoms with van der Waals surface area (Å²) in [7, 11) is -1.25. The molecule has 0 radical (unpaired) electrons. The van der Waals surface area contributed by atoms with Crippen molar-refractivity contribution in [3.63, 3.8) is 0 Å². The van der Waals surface area contributed by atoms with Crippen LogP contribution in [0.4, 0.5) is 0 Å². The molecule has 1 heterocycles. The van der Waals surface area contributed by atoms with Gasteiger partial charge >= 0.3 is 0 Å². The third-order valence-electron chi connectivity index (χ3n) is 0.964. The number of hydrogen-bond donors (Lipinski definition) is 0. The van der Waals surface area contributed by atoms with E-state index in [0.717, 1.165) is 6.16 Å². The molecule has 0 bridgehead atoms. The highest BCUT2D eigenvalue weighted by atomic mass is 31.2. The molecule has 0 aliphatic carbocycles. The van der Waals surface area contributed by atoms with Crippen LogP contribution in [0.25, 0.3) is 0 Å². The molecule has 42 valence electrons. The van der Waals surface area contributed by atoms with E-state index in [1.54, 1.807) is 0 Å². The molecule has 7 heavy (non-hydrogen) atoms. The van der Waals surface area contributed by atoms with Gasteiger partial charge in [0.2, 0.25) is 0 Å². The zero-order valence-electron chi connectivity index (χ0n) is 4.26. The molecule has 1 aliphatic heterocycles. The molecule has 0 spiro atoms. The van der Waals surface area contributed by atoms with Gasteiger partial charge in [0.25, 0.3) is 0 Å². The van der Waals surface area contributed by atoms with Crippen molar-refractivity contribution in [1.29, 1.82) is 0 Å². The van der Waals surface area contributed by atoms with Crippen LogP contribution in [0.1, 0.15) is 6.92 Å². The van der Waals surface area contributed by atoms with E-state index >= 15 is 0 Å². The minimum atomic E-state index is -1.25. The molecule has 2 nitrogen and oxygen atoms in total. The predicted octanol–water partition coefficient (Wildman–Crippen LogP) is 0.325. The molecule has 0 aromatic carbocycles. The molecular weight excluding hydrogens is 111 g/mol.